The molecule has 0 saturated heterocycles. The minimum atomic E-state index is -0.664. The van der Waals surface area contributed by atoms with Gasteiger partial charge in [-0.25, -0.2) is 0 Å². The van der Waals surface area contributed by atoms with E-state index in [0.29, 0.717) is 46.1 Å². The lowest BCUT2D eigenvalue weighted by molar-refractivity contribution is -0.137. The predicted molar refractivity (Wildman–Crippen MR) is 134 cm³/mol. The Morgan fingerprint density at radius 3 is 1.42 bits per heavy atom. The molecule has 0 heterocycles. The summed E-state index contributed by atoms with van der Waals surface area (Å²) in [5, 5.41) is 25.2. The van der Waals surface area contributed by atoms with Crippen LogP contribution in [0.3, 0.4) is 0 Å². The molecule has 0 fully saturated rings. The molecular weight excluding hydrogens is 424 g/mol. The average molecular weight is 477 g/mol. The molecule has 3 N–H and O–H groups in total. The molecule has 0 rings (SSSR count). The van der Waals surface area contributed by atoms with Crippen molar-refractivity contribution in [3.63, 3.8) is 0 Å². The molecule has 0 aliphatic heterocycles. The summed E-state index contributed by atoms with van der Waals surface area (Å²) in [6.07, 6.45) is 21.2. The van der Waals surface area contributed by atoms with E-state index >= 15 is 0 Å². The van der Waals surface area contributed by atoms with Crippen LogP contribution in [-0.4, -0.2) is 74.1 Å². The largest absolute Gasteiger partial charge is 0.481 e. The molecule has 33 heavy (non-hydrogen) atoms. The van der Waals surface area contributed by atoms with E-state index in [1.807, 2.05) is 0 Å². The molecule has 0 atom stereocenters. The third kappa shape index (κ3) is 38.6. The summed E-state index contributed by atoms with van der Waals surface area (Å²) < 4.78 is 15.0. The van der Waals surface area contributed by atoms with Crippen LogP contribution in [0.25, 0.3) is 0 Å². The van der Waals surface area contributed by atoms with Gasteiger partial charge in [-0.15, -0.1) is 0 Å². The fraction of sp³-hybridized carbons (Fsp3) is 0.885. The maximum atomic E-state index is 10.3. The smallest absolute Gasteiger partial charge is 0.303 e. The van der Waals surface area contributed by atoms with Crippen LogP contribution in [0.1, 0.15) is 96.8 Å². The van der Waals surface area contributed by atoms with E-state index in [0.717, 1.165) is 12.8 Å². The highest BCUT2D eigenvalue weighted by molar-refractivity contribution is 5.66. The molecule has 0 aliphatic rings. The van der Waals surface area contributed by atoms with Gasteiger partial charge in [0.2, 0.25) is 0 Å². The Balaban J connectivity index is 0. The van der Waals surface area contributed by atoms with Gasteiger partial charge in [0.1, 0.15) is 0 Å². The van der Waals surface area contributed by atoms with E-state index in [-0.39, 0.29) is 13.2 Å². The molecule has 0 aromatic heterocycles. The third-order valence-corrected chi connectivity index (χ3v) is 4.87. The van der Waals surface area contributed by atoms with Crippen molar-refractivity contribution in [1.29, 1.82) is 0 Å². The van der Waals surface area contributed by atoms with E-state index in [9.17, 15) is 4.79 Å². The molecule has 7 heteroatoms. The minimum Gasteiger partial charge on any atom is -0.481 e. The van der Waals surface area contributed by atoms with E-state index in [1.165, 1.54) is 70.6 Å². The van der Waals surface area contributed by atoms with E-state index in [2.05, 4.69) is 19.1 Å². The zero-order valence-electron chi connectivity index (χ0n) is 21.2. The van der Waals surface area contributed by atoms with Crippen molar-refractivity contribution >= 4 is 5.97 Å². The first-order valence-corrected chi connectivity index (χ1v) is 13.0. The Morgan fingerprint density at radius 2 is 1.00 bits per heavy atom. The minimum absolute atomic E-state index is 0.0413. The first-order chi connectivity index (χ1) is 16.2. The Morgan fingerprint density at radius 1 is 0.606 bits per heavy atom. The number of unbranched alkanes of at least 4 members (excludes halogenated alkanes) is 11. The third-order valence-electron chi connectivity index (χ3n) is 4.87. The van der Waals surface area contributed by atoms with Crippen molar-refractivity contribution < 1.29 is 34.3 Å². The molecule has 0 unspecified atom stereocenters. The number of carbonyl (C=O) groups is 1. The lowest BCUT2D eigenvalue weighted by Crippen LogP contribution is -2.11. The van der Waals surface area contributed by atoms with Gasteiger partial charge < -0.3 is 29.5 Å². The van der Waals surface area contributed by atoms with Gasteiger partial charge in [-0.05, 0) is 32.1 Å². The Kier molecular flexibility index (Phi) is 34.4. The van der Waals surface area contributed by atoms with Gasteiger partial charge in [-0.2, -0.15) is 0 Å². The summed E-state index contributed by atoms with van der Waals surface area (Å²) in [7, 11) is 0. The Labute approximate surface area is 202 Å². The molecule has 0 aromatic carbocycles. The van der Waals surface area contributed by atoms with Gasteiger partial charge in [0.25, 0.3) is 0 Å². The Hall–Kier alpha value is -0.990. The second-order valence-corrected chi connectivity index (χ2v) is 8.01. The number of ether oxygens (including phenoxy) is 3. The summed E-state index contributed by atoms with van der Waals surface area (Å²) in [5.41, 5.74) is 0. The van der Waals surface area contributed by atoms with Crippen LogP contribution >= 0.6 is 0 Å². The van der Waals surface area contributed by atoms with Crippen LogP contribution in [0.5, 0.6) is 0 Å². The van der Waals surface area contributed by atoms with Crippen molar-refractivity contribution in [3.05, 3.63) is 12.2 Å². The number of allylic oxidation sites excluding steroid dienone is 2. The van der Waals surface area contributed by atoms with Gasteiger partial charge in [0.15, 0.2) is 0 Å². The molecule has 0 saturated carbocycles. The van der Waals surface area contributed by atoms with Gasteiger partial charge in [-0.1, -0.05) is 70.4 Å². The standard InChI is InChI=1S/C18H34O2.C8H18O5/c1-2-3-4-5-6-7-8-9-10-11-12-13-14-15-16-17-18(19)20;9-1-3-11-5-7-13-8-6-12-4-2-10/h9-10H,2-8,11-17H2,1H3,(H,19,20);9-10H,1-8H2. The normalized spacial score (nSPS) is 11.0. The van der Waals surface area contributed by atoms with Crippen LogP contribution in [0.4, 0.5) is 0 Å². The molecule has 0 radical (unpaired) electrons. The van der Waals surface area contributed by atoms with Crippen molar-refractivity contribution in [1.82, 2.24) is 0 Å². The highest BCUT2D eigenvalue weighted by atomic mass is 16.5. The van der Waals surface area contributed by atoms with Crippen molar-refractivity contribution in [2.45, 2.75) is 96.8 Å². The van der Waals surface area contributed by atoms with Crippen LogP contribution in [0, 0.1) is 0 Å². The van der Waals surface area contributed by atoms with Gasteiger partial charge >= 0.3 is 5.97 Å². The zero-order valence-corrected chi connectivity index (χ0v) is 21.2. The van der Waals surface area contributed by atoms with Crippen LogP contribution in [0.2, 0.25) is 0 Å². The summed E-state index contributed by atoms with van der Waals surface area (Å²) in [5.74, 6) is -0.664. The number of aliphatic carboxylic acids is 1. The predicted octanol–water partition coefficient (Wildman–Crippen LogP) is 5.13. The van der Waals surface area contributed by atoms with E-state index in [4.69, 9.17) is 29.5 Å². The molecule has 7 nitrogen and oxygen atoms in total. The van der Waals surface area contributed by atoms with Crippen LogP contribution in [-0.2, 0) is 19.0 Å². The first-order valence-electron chi connectivity index (χ1n) is 13.0. The van der Waals surface area contributed by atoms with E-state index in [1.54, 1.807) is 0 Å². The second kappa shape index (κ2) is 33.2. The second-order valence-electron chi connectivity index (χ2n) is 8.01. The van der Waals surface area contributed by atoms with Gasteiger partial charge in [0, 0.05) is 6.42 Å². The number of hydrogen-bond acceptors (Lipinski definition) is 6. The highest BCUT2D eigenvalue weighted by Crippen LogP contribution is 2.09. The number of rotatable bonds is 25. The molecular formula is C26H52O7. The number of aliphatic hydroxyl groups is 2. The molecule has 0 spiro atoms. The van der Waals surface area contributed by atoms with Crippen molar-refractivity contribution in [2.75, 3.05) is 52.9 Å². The molecule has 0 bridgehead atoms. The number of carboxylic acid groups (broad SMARTS) is 1. The maximum Gasteiger partial charge on any atom is 0.303 e. The fourth-order valence-electron chi connectivity index (χ4n) is 3.02. The van der Waals surface area contributed by atoms with E-state index < -0.39 is 5.97 Å². The molecule has 198 valence electrons. The summed E-state index contributed by atoms with van der Waals surface area (Å²) in [4.78, 5) is 10.3. The van der Waals surface area contributed by atoms with Crippen molar-refractivity contribution in [3.8, 4) is 0 Å². The van der Waals surface area contributed by atoms with Crippen molar-refractivity contribution in [2.24, 2.45) is 0 Å². The molecule has 0 aromatic rings. The first kappa shape index (κ1) is 34.2. The Bertz CT molecular complexity index is 379. The average Bonchev–Trinajstić information content (AvgIpc) is 2.81. The number of hydrogen-bond donors (Lipinski definition) is 3. The van der Waals surface area contributed by atoms with Gasteiger partial charge in [0.05, 0.1) is 52.9 Å². The number of aliphatic hydroxyl groups excluding tert-OH is 2. The SMILES string of the molecule is CCCCCCCCC=CCCCCCCCC(=O)O.OCCOCCOCCOCCO. The van der Waals surface area contributed by atoms with Crippen LogP contribution < -0.4 is 0 Å². The van der Waals surface area contributed by atoms with Gasteiger partial charge in [-0.3, -0.25) is 4.79 Å². The lowest BCUT2D eigenvalue weighted by atomic mass is 10.1. The summed E-state index contributed by atoms with van der Waals surface area (Å²) >= 11 is 0. The monoisotopic (exact) mass is 476 g/mol. The molecule has 0 amide bonds. The topological polar surface area (TPSA) is 105 Å². The number of carboxylic acids is 1. The quantitative estimate of drug-likeness (QED) is 0.124. The highest BCUT2D eigenvalue weighted by Gasteiger charge is 1.96. The molecule has 0 aliphatic carbocycles. The fourth-order valence-corrected chi connectivity index (χ4v) is 3.02. The summed E-state index contributed by atoms with van der Waals surface area (Å²) in [6, 6.07) is 0. The van der Waals surface area contributed by atoms with Crippen LogP contribution in [0.15, 0.2) is 12.2 Å². The lowest BCUT2D eigenvalue weighted by Gasteiger charge is -2.04. The zero-order chi connectivity index (χ0) is 24.7. The summed E-state index contributed by atoms with van der Waals surface area (Å²) in [6.45, 7) is 5.02. The maximum absolute atomic E-state index is 10.3.